The monoisotopic (exact) mass is 2170 g/mol. The number of hydrogen-bond donors (Lipinski definition) is 6. The van der Waals surface area contributed by atoms with Crippen molar-refractivity contribution in [3.05, 3.63) is 354 Å². The molecule has 18 rings (SSSR count). The number of hydrogen-bond acceptors (Lipinski definition) is 21. The first kappa shape index (κ1) is 116. The van der Waals surface area contributed by atoms with Crippen LogP contribution in [0.4, 0.5) is 32.2 Å². The Kier molecular flexibility index (Phi) is 41.6. The van der Waals surface area contributed by atoms with Crippen LogP contribution >= 0.6 is 58.0 Å². The zero-order valence-electron chi connectivity index (χ0n) is 85.8. The van der Waals surface area contributed by atoms with Crippen molar-refractivity contribution >= 4 is 142 Å². The molecule has 1 atom stereocenters. The van der Waals surface area contributed by atoms with Crippen molar-refractivity contribution in [3.8, 4) is 35.3 Å². The van der Waals surface area contributed by atoms with E-state index in [-0.39, 0.29) is 12.4 Å². The maximum atomic E-state index is 12.9. The van der Waals surface area contributed by atoms with Crippen LogP contribution < -0.4 is 39.5 Å². The zero-order chi connectivity index (χ0) is 108. The molecule has 784 valence electrons. The molecule has 1 unspecified atom stereocenters. The molecule has 0 aliphatic heterocycles. The Labute approximate surface area is 888 Å². The maximum Gasteiger partial charge on any atom is 0.416 e. The number of aliphatic hydroxyl groups excluding tert-OH is 1. The number of ether oxygens (including phenoxy) is 6. The summed E-state index contributed by atoms with van der Waals surface area (Å²) in [6.07, 6.45) is 12.6. The van der Waals surface area contributed by atoms with Gasteiger partial charge in [-0.2, -0.15) is 31.3 Å². The van der Waals surface area contributed by atoms with Crippen molar-refractivity contribution < 1.29 is 64.7 Å². The highest BCUT2D eigenvalue weighted by molar-refractivity contribution is 6.83. The molecule has 0 fully saturated rings. The van der Waals surface area contributed by atoms with Gasteiger partial charge in [0.25, 0.3) is 0 Å². The number of aldehydes is 1. The summed E-state index contributed by atoms with van der Waals surface area (Å²) >= 11 is 28.8. The molecule has 0 radical (unpaired) electrons. The van der Waals surface area contributed by atoms with Crippen LogP contribution in [-0.4, -0.2) is 149 Å². The lowest BCUT2D eigenvalue weighted by Crippen LogP contribution is -2.51. The fourth-order valence-electron chi connectivity index (χ4n) is 19.0. The van der Waals surface area contributed by atoms with Crippen molar-refractivity contribution in [2.24, 2.45) is 5.73 Å². The average molecular weight is 2170 g/mol. The normalized spacial score (nSPS) is 11.7. The topological polar surface area (TPSA) is 330 Å². The Morgan fingerprint density at radius 1 is 0.389 bits per heavy atom. The molecule has 16 heterocycles. The number of nitrogens with two attached hydrogens (primary N) is 1. The lowest BCUT2D eigenvalue weighted by molar-refractivity contribution is -0.138. The number of carbonyl (C=O) groups excluding carboxylic acids is 1. The highest BCUT2D eigenvalue weighted by Crippen LogP contribution is 2.48. The number of nitrogens with one attached hydrogen (secondary N) is 4. The molecule has 0 saturated carbocycles. The maximum absolute atomic E-state index is 12.9. The van der Waals surface area contributed by atoms with E-state index in [1.807, 2.05) is 110 Å². The number of aromatic amines is 3. The summed E-state index contributed by atoms with van der Waals surface area (Å²) in [5, 5.41) is 21.2. The highest BCUT2D eigenvalue weighted by atomic mass is 35.5. The van der Waals surface area contributed by atoms with E-state index >= 15 is 0 Å². The summed E-state index contributed by atoms with van der Waals surface area (Å²) in [6, 6.07) is 55.0. The molecule has 0 bridgehead atoms. The van der Waals surface area contributed by atoms with Crippen molar-refractivity contribution in [2.45, 2.75) is 167 Å². The van der Waals surface area contributed by atoms with Crippen LogP contribution in [-0.2, 0) is 44.7 Å². The number of fused-ring (bicyclic) bond motifs is 5. The SMILES string of the molecule is COc1cccc(Cl)n1.COc1nc(Cl)ccc1C(O)c1c[nH]c2ncccc12.COc1nc(Cl)ccc1C=O.COc1nc(Cl)ccc1Cc1c[nH]c2ncccc12.COc1nc(Cl)ccc1Cc1cn([Si](C(C)C)(C(C)C)C(C)C)c2ncccc12.COc1nc(NCc2ccc(C(F)(F)F)cc2)ccc1Cc1cn([Si](C(C)C)(C(C)C)C(C)C)c2ncccc12.NCc1ccc(C(F)(F)F)cc1.c1cnc2[nH]ccc2c1. The summed E-state index contributed by atoms with van der Waals surface area (Å²) in [5.74, 6) is 3.36. The number of rotatable bonds is 27. The van der Waals surface area contributed by atoms with Crippen molar-refractivity contribution in [2.75, 3.05) is 48.0 Å². The van der Waals surface area contributed by atoms with Crippen LogP contribution in [0.5, 0.6) is 35.3 Å². The van der Waals surface area contributed by atoms with Crippen LogP contribution in [0.15, 0.2) is 256 Å². The van der Waals surface area contributed by atoms with E-state index in [0.29, 0.717) is 130 Å². The Balaban J connectivity index is 0.000000171. The number of anilines is 1. The molecule has 18 aromatic rings. The molecule has 16 aromatic heterocycles. The Morgan fingerprint density at radius 3 is 1.24 bits per heavy atom. The van der Waals surface area contributed by atoms with E-state index in [1.165, 1.54) is 61.1 Å². The standard InChI is InChI=1S/C31H39F3N4OSi.C23H32ClN3OSi.C14H12ClN3O2.C14H12ClN3O.C8H8F3N.C7H6ClNO2.C7H6N2.C6H6ClNO/c1-20(2)40(21(3)4,22(5)6)38-19-25(27-9-8-16-35-29(27)38)17-24-12-15-28(37-30(24)39-7)36-18-23-10-13-26(14-11-23)31(32,33)34;1-15(2)29(16(3)4,17(5)6)27-14-19(20-9-8-12-25-22(20)27)13-18-10-11-21(24)26-23(18)28-7;1-20-14-9(4-5-11(15)18-14)12(19)10-7-17-13-8(10)3-2-6-16-13;1-19-14-9(4-5-12(15)18-14)7-10-8-17-13-11(10)3-2-6-16-13;9-8(10,11)7-3-1-6(5-12)2-4-7;1-11-7-5(4-10)2-3-6(8)9-7;1-2-6-3-5-9-7(6)8-4-1;1-9-6-4-2-3-5(7)8-6/h8-16,19-22H,17-18H2,1-7H3,(H,36,37);8-12,14-17H,13H2,1-7H3;2-7,12,19H,1H3,(H,16,17);2-6,8H,7H2,1H3,(H,16,17);1-4H,5,12H2;2-4H,1H3;1-5H,(H,8,9);2-4H,1H3. The molecule has 0 spiro atoms. The first-order valence-corrected chi connectivity index (χ1v) is 54.0. The molecular formula is C110H121Cl5F6N18O8Si2. The van der Waals surface area contributed by atoms with E-state index in [1.54, 1.807) is 95.7 Å². The van der Waals surface area contributed by atoms with Crippen LogP contribution in [0.3, 0.4) is 0 Å². The largest absolute Gasteiger partial charge is 0.481 e. The van der Waals surface area contributed by atoms with E-state index in [2.05, 4.69) is 181 Å². The quantitative estimate of drug-likeness (QED) is 0.0121. The number of H-pyrrole nitrogens is 3. The van der Waals surface area contributed by atoms with Crippen LogP contribution in [0.25, 0.3) is 55.2 Å². The number of benzene rings is 2. The van der Waals surface area contributed by atoms with Gasteiger partial charge in [-0.25, -0.2) is 49.8 Å². The summed E-state index contributed by atoms with van der Waals surface area (Å²) in [4.78, 5) is 66.6. The second-order valence-electron chi connectivity index (χ2n) is 36.2. The number of alkyl halides is 6. The number of pyridine rings is 11. The zero-order valence-corrected chi connectivity index (χ0v) is 91.5. The minimum Gasteiger partial charge on any atom is -0.481 e. The predicted molar refractivity (Wildman–Crippen MR) is 586 cm³/mol. The Hall–Kier alpha value is -13.6. The van der Waals surface area contributed by atoms with Crippen LogP contribution in [0.2, 0.25) is 59.0 Å². The van der Waals surface area contributed by atoms with E-state index in [4.69, 9.17) is 102 Å². The number of methoxy groups -OCH3 is 6. The van der Waals surface area contributed by atoms with Gasteiger partial charge in [-0.3, -0.25) is 4.79 Å². The van der Waals surface area contributed by atoms with Gasteiger partial charge in [0.15, 0.2) is 22.8 Å². The van der Waals surface area contributed by atoms with E-state index in [9.17, 15) is 36.2 Å². The minimum atomic E-state index is -4.35. The van der Waals surface area contributed by atoms with Gasteiger partial charge >= 0.3 is 12.4 Å². The second kappa shape index (κ2) is 53.5. The van der Waals surface area contributed by atoms with Gasteiger partial charge in [-0.1, -0.05) is 184 Å². The number of halogens is 11. The number of nitrogens with zero attached hydrogens (tertiary/aromatic N) is 13. The van der Waals surface area contributed by atoms with Gasteiger partial charge in [0, 0.05) is 155 Å². The van der Waals surface area contributed by atoms with Gasteiger partial charge in [0.2, 0.25) is 35.3 Å². The summed E-state index contributed by atoms with van der Waals surface area (Å²) in [5.41, 5.74) is 21.7. The summed E-state index contributed by atoms with van der Waals surface area (Å²) in [7, 11) is 5.39. The van der Waals surface area contributed by atoms with Crippen molar-refractivity contribution in [1.82, 2.24) is 78.2 Å². The lowest BCUT2D eigenvalue weighted by Gasteiger charge is -2.44. The molecule has 0 amide bonds. The Bertz CT molecular complexity index is 7330. The molecule has 0 aliphatic carbocycles. The first-order chi connectivity index (χ1) is 71.2. The van der Waals surface area contributed by atoms with Gasteiger partial charge in [-0.05, 0) is 207 Å². The van der Waals surface area contributed by atoms with E-state index in [0.717, 1.165) is 120 Å². The third-order valence-corrected chi connectivity index (χ3v) is 40.0. The fraction of sp³-hybridized carbons (Fsp3) is 0.291. The van der Waals surface area contributed by atoms with Crippen molar-refractivity contribution in [1.29, 1.82) is 0 Å². The van der Waals surface area contributed by atoms with Gasteiger partial charge in [0.05, 0.1) is 59.3 Å². The molecule has 39 heteroatoms. The molecular weight excluding hydrogens is 2050 g/mol. The fourth-order valence-corrected chi connectivity index (χ4v) is 32.9. The van der Waals surface area contributed by atoms with Crippen LogP contribution in [0, 0.1) is 0 Å². The third-order valence-electron chi connectivity index (χ3n) is 25.5. The van der Waals surface area contributed by atoms with Gasteiger partial charge in [0.1, 0.15) is 65.9 Å². The second-order valence-corrected chi connectivity index (χ2v) is 49.6. The number of carbonyl (C=O) groups is 1. The first-order valence-electron chi connectivity index (χ1n) is 47.7. The number of aromatic nitrogens is 16. The van der Waals surface area contributed by atoms with E-state index < -0.39 is 46.1 Å². The van der Waals surface area contributed by atoms with Crippen LogP contribution in [0.1, 0.15) is 166 Å². The molecule has 26 nitrogen and oxygen atoms in total. The summed E-state index contributed by atoms with van der Waals surface area (Å²) in [6.45, 7) is 29.0. The van der Waals surface area contributed by atoms with Gasteiger partial charge in [-0.15, -0.1) is 0 Å². The molecule has 149 heavy (non-hydrogen) atoms. The molecule has 0 saturated heterocycles. The lowest BCUT2D eigenvalue weighted by atomic mass is 10.0. The van der Waals surface area contributed by atoms with Gasteiger partial charge < -0.3 is 68.0 Å². The Morgan fingerprint density at radius 2 is 0.792 bits per heavy atom. The summed E-state index contributed by atoms with van der Waals surface area (Å²) < 4.78 is 111. The third kappa shape index (κ3) is 28.9. The number of aliphatic hydroxyl groups is 1. The highest BCUT2D eigenvalue weighted by Gasteiger charge is 2.48. The molecule has 2 aromatic carbocycles. The van der Waals surface area contributed by atoms with Crippen molar-refractivity contribution in [3.63, 3.8) is 0 Å². The molecule has 0 aliphatic rings. The predicted octanol–water partition coefficient (Wildman–Crippen LogP) is 28.3. The minimum absolute atomic E-state index is 0.257. The smallest absolute Gasteiger partial charge is 0.416 e. The molecule has 7 N–H and O–H groups in total. The average Bonchev–Trinajstić information content (AvgIpc) is 1.59.